The zero-order valence-electron chi connectivity index (χ0n) is 44.5. The molecule has 0 aliphatic heterocycles. The zero-order valence-corrected chi connectivity index (χ0v) is 39.3. The van der Waals surface area contributed by atoms with Crippen LogP contribution in [0.2, 0.25) is 0 Å². The minimum absolute atomic E-state index is 0.00287. The highest BCUT2D eigenvalue weighted by atomic mass is 32.1. The molecule has 0 atom stereocenters. The van der Waals surface area contributed by atoms with Gasteiger partial charge in [0.2, 0.25) is 0 Å². The van der Waals surface area contributed by atoms with Crippen LogP contribution < -0.4 is 0 Å². The fraction of sp³-hybridized carbons (Fsp3) is 0. The molecule has 3 aromatic heterocycles. The average Bonchev–Trinajstić information content (AvgIpc) is 4.22. The fourth-order valence-electron chi connectivity index (χ4n) is 10.2. The van der Waals surface area contributed by atoms with E-state index in [1.807, 2.05) is 77.4 Å². The number of hydrogen-bond acceptors (Lipinski definition) is 4. The number of aromatic nitrogens is 4. The van der Waals surface area contributed by atoms with E-state index in [0.29, 0.717) is 34.2 Å². The maximum Gasteiger partial charge on any atom is 0.164 e. The van der Waals surface area contributed by atoms with Crippen molar-refractivity contribution in [1.29, 1.82) is 0 Å². The molecular formula is C67H42N4S. The third kappa shape index (κ3) is 7.17. The molecule has 3 heterocycles. The number of benzene rings is 11. The molecule has 0 radical (unpaired) electrons. The van der Waals surface area contributed by atoms with Crippen molar-refractivity contribution in [2.75, 3.05) is 0 Å². The summed E-state index contributed by atoms with van der Waals surface area (Å²) < 4.78 is 58.3. The summed E-state index contributed by atoms with van der Waals surface area (Å²) in [5.41, 5.74) is 11.8. The lowest BCUT2D eigenvalue weighted by Gasteiger charge is -2.17. The fourth-order valence-corrected chi connectivity index (χ4v) is 11.4. The summed E-state index contributed by atoms with van der Waals surface area (Å²) in [6.45, 7) is 0. The monoisotopic (exact) mass is 940 g/mol. The Bertz CT molecular complexity index is 4640. The topological polar surface area (TPSA) is 43.6 Å². The molecular weight excluding hydrogens is 893 g/mol. The third-order valence-corrected chi connectivity index (χ3v) is 14.8. The van der Waals surface area contributed by atoms with Gasteiger partial charge in [-0.05, 0) is 98.7 Å². The van der Waals surface area contributed by atoms with Gasteiger partial charge in [0, 0.05) is 58.8 Å². The van der Waals surface area contributed by atoms with Crippen molar-refractivity contribution in [3.8, 4) is 84.4 Å². The number of thiophene rings is 1. The van der Waals surface area contributed by atoms with Crippen LogP contribution in [0.3, 0.4) is 0 Å². The van der Waals surface area contributed by atoms with Crippen molar-refractivity contribution in [3.63, 3.8) is 0 Å². The third-order valence-electron chi connectivity index (χ3n) is 13.6. The van der Waals surface area contributed by atoms with Gasteiger partial charge in [-0.15, -0.1) is 11.3 Å². The van der Waals surface area contributed by atoms with Crippen molar-refractivity contribution in [2.45, 2.75) is 0 Å². The van der Waals surface area contributed by atoms with Crippen LogP contribution in [0.1, 0.15) is 8.22 Å². The lowest BCUT2D eigenvalue weighted by Crippen LogP contribution is -2.00. The van der Waals surface area contributed by atoms with Gasteiger partial charge in [-0.2, -0.15) is 0 Å². The molecule has 0 saturated carbocycles. The Morgan fingerprint density at radius 3 is 1.58 bits per heavy atom. The van der Waals surface area contributed by atoms with Crippen molar-refractivity contribution in [1.82, 2.24) is 19.5 Å². The Balaban J connectivity index is 0.936. The predicted octanol–water partition coefficient (Wildman–Crippen LogP) is 18.2. The number of nitrogens with zero attached hydrogens (tertiary/aromatic N) is 4. The largest absolute Gasteiger partial charge is 0.309 e. The summed E-state index contributed by atoms with van der Waals surface area (Å²) in [5, 5.41) is 4.90. The molecule has 0 N–H and O–H groups in total. The van der Waals surface area contributed by atoms with Gasteiger partial charge in [0.05, 0.1) is 24.9 Å². The molecule has 14 aromatic rings. The van der Waals surface area contributed by atoms with Crippen molar-refractivity contribution in [2.24, 2.45) is 0 Å². The highest BCUT2D eigenvalue weighted by Crippen LogP contribution is 2.45. The van der Waals surface area contributed by atoms with E-state index in [4.69, 9.17) is 20.4 Å². The van der Waals surface area contributed by atoms with E-state index < -0.39 is 0 Å². The summed E-state index contributed by atoms with van der Waals surface area (Å²) >= 11 is 1.71. The van der Waals surface area contributed by atoms with Gasteiger partial charge in [0.25, 0.3) is 0 Å². The van der Waals surface area contributed by atoms with Gasteiger partial charge in [-0.3, -0.25) is 0 Å². The highest BCUT2D eigenvalue weighted by molar-refractivity contribution is 7.26. The molecule has 4 nitrogen and oxygen atoms in total. The van der Waals surface area contributed by atoms with Crippen LogP contribution >= 0.6 is 11.3 Å². The molecule has 14 rings (SSSR count). The van der Waals surface area contributed by atoms with E-state index in [2.05, 4.69) is 133 Å². The molecule has 0 bridgehead atoms. The van der Waals surface area contributed by atoms with Crippen molar-refractivity contribution >= 4 is 64.1 Å². The minimum Gasteiger partial charge on any atom is -0.309 e. The first-order chi connectivity index (χ1) is 38.1. The smallest absolute Gasteiger partial charge is 0.164 e. The number of hydrogen-bond donors (Lipinski definition) is 0. The lowest BCUT2D eigenvalue weighted by molar-refractivity contribution is 1.07. The Morgan fingerprint density at radius 2 is 0.861 bits per heavy atom. The second-order valence-corrected chi connectivity index (χ2v) is 18.9. The summed E-state index contributed by atoms with van der Waals surface area (Å²) in [6, 6.07) is 73.0. The lowest BCUT2D eigenvalue weighted by atomic mass is 9.91. The molecule has 0 spiro atoms. The quantitative estimate of drug-likeness (QED) is 0.152. The molecule has 0 aliphatic rings. The Labute approximate surface area is 428 Å². The highest BCUT2D eigenvalue weighted by Gasteiger charge is 2.20. The van der Waals surface area contributed by atoms with Crippen LogP contribution in [0, 0.1) is 0 Å². The number of fused-ring (bicyclic) bond motifs is 7. The van der Waals surface area contributed by atoms with Crippen LogP contribution in [0.4, 0.5) is 0 Å². The van der Waals surface area contributed by atoms with Crippen LogP contribution in [0.5, 0.6) is 0 Å². The van der Waals surface area contributed by atoms with E-state index in [9.17, 15) is 2.74 Å². The van der Waals surface area contributed by atoms with Gasteiger partial charge in [-0.1, -0.05) is 200 Å². The first-order valence-corrected chi connectivity index (χ1v) is 24.6. The minimum atomic E-state index is -0.153. The molecule has 336 valence electrons. The van der Waals surface area contributed by atoms with Gasteiger partial charge in [0.1, 0.15) is 0 Å². The second kappa shape index (κ2) is 17.3. The standard InChI is InChI=1S/C67H42N4S/c1-3-18-43(19-4-1)65-68-66(44-20-5-2-6-21-44)70-67(69-65)50-26-16-25-49(39-50)58-42-51(40-48-22-7-8-27-52(48)58)46-24-15-23-45(38-46)47-36-37-62(71-60-33-12-9-28-53(60)54-29-10-13-34-61(54)71)59(41-47)57-32-17-31-56-55-30-11-14-35-63(55)72-64(56)57/h1-42H/i9D,10D,28D,29D,33D,34D. The average molecular weight is 941 g/mol. The molecule has 0 aliphatic carbocycles. The van der Waals surface area contributed by atoms with Crippen LogP contribution in [0.25, 0.3) is 137 Å². The predicted molar refractivity (Wildman–Crippen MR) is 303 cm³/mol. The Kier molecular flexibility index (Phi) is 8.59. The Morgan fingerprint density at radius 1 is 0.333 bits per heavy atom. The van der Waals surface area contributed by atoms with E-state index in [1.165, 1.54) is 12.1 Å². The normalized spacial score (nSPS) is 12.8. The summed E-state index contributed by atoms with van der Waals surface area (Å²) in [7, 11) is 0. The SMILES string of the molecule is [2H]c1cc([2H])c2c(c1[2H])c1c([2H])c([2H])cc([2H])c1n2-c1ccc(-c2cccc(-c3cc(-c4cccc(-c5nc(-c6ccccc6)nc(-c6ccccc6)n5)c4)c4ccccc4c3)c2)cc1-c1cccc2c1sc1ccccc12. The zero-order chi connectivity index (χ0) is 52.8. The molecule has 0 fully saturated rings. The maximum atomic E-state index is 9.33. The number of rotatable bonds is 8. The van der Waals surface area contributed by atoms with E-state index in [1.54, 1.807) is 11.3 Å². The maximum absolute atomic E-state index is 9.33. The molecule has 11 aromatic carbocycles. The number of para-hydroxylation sites is 2. The van der Waals surface area contributed by atoms with Crippen LogP contribution in [-0.2, 0) is 0 Å². The summed E-state index contributed by atoms with van der Waals surface area (Å²) in [6.07, 6.45) is 0. The second-order valence-electron chi connectivity index (χ2n) is 17.9. The Hall–Kier alpha value is -9.29. The first kappa shape index (κ1) is 35.8. The summed E-state index contributed by atoms with van der Waals surface area (Å²) in [4.78, 5) is 15.0. The van der Waals surface area contributed by atoms with Crippen LogP contribution in [0.15, 0.2) is 255 Å². The van der Waals surface area contributed by atoms with E-state index in [-0.39, 0.29) is 47.0 Å². The van der Waals surface area contributed by atoms with E-state index >= 15 is 0 Å². The van der Waals surface area contributed by atoms with Gasteiger partial charge in [0.15, 0.2) is 17.5 Å². The van der Waals surface area contributed by atoms with Crippen molar-refractivity contribution in [3.05, 3.63) is 255 Å². The molecule has 0 unspecified atom stereocenters. The first-order valence-electron chi connectivity index (χ1n) is 26.8. The van der Waals surface area contributed by atoms with Gasteiger partial charge >= 0.3 is 0 Å². The van der Waals surface area contributed by atoms with Crippen LogP contribution in [-0.4, -0.2) is 19.5 Å². The molecule has 5 heteroatoms. The molecule has 0 amide bonds. The molecule has 72 heavy (non-hydrogen) atoms. The van der Waals surface area contributed by atoms with E-state index in [0.717, 1.165) is 92.1 Å². The van der Waals surface area contributed by atoms with Gasteiger partial charge in [-0.25, -0.2) is 15.0 Å². The summed E-state index contributed by atoms with van der Waals surface area (Å²) in [5.74, 6) is 1.78. The van der Waals surface area contributed by atoms with Crippen molar-refractivity contribution < 1.29 is 8.22 Å². The van der Waals surface area contributed by atoms with Gasteiger partial charge < -0.3 is 4.57 Å². The molecule has 0 saturated heterocycles.